The van der Waals surface area contributed by atoms with Crippen molar-refractivity contribution in [2.24, 2.45) is 4.99 Å². The van der Waals surface area contributed by atoms with Crippen LogP contribution in [0.3, 0.4) is 0 Å². The van der Waals surface area contributed by atoms with E-state index in [0.29, 0.717) is 11.7 Å². The lowest BCUT2D eigenvalue weighted by molar-refractivity contribution is 0.0437. The van der Waals surface area contributed by atoms with Gasteiger partial charge in [-0.05, 0) is 44.5 Å². The number of furan rings is 1. The SMILES string of the molecule is CCNC(=NCC(C)(O)c1ccco1)NCCCNc1ccccc1.I. The molecule has 1 aromatic heterocycles. The number of anilines is 1. The summed E-state index contributed by atoms with van der Waals surface area (Å²) in [5.74, 6) is 1.20. The summed E-state index contributed by atoms with van der Waals surface area (Å²) in [5.41, 5.74) is -0.00154. The fraction of sp³-hybridized carbons (Fsp3) is 0.421. The molecule has 0 fully saturated rings. The van der Waals surface area contributed by atoms with E-state index in [1.807, 2.05) is 25.1 Å². The number of hydrogen-bond donors (Lipinski definition) is 4. The number of nitrogens with zero attached hydrogens (tertiary/aromatic N) is 1. The second kappa shape index (κ2) is 11.8. The summed E-state index contributed by atoms with van der Waals surface area (Å²) in [7, 11) is 0. The lowest BCUT2D eigenvalue weighted by Crippen LogP contribution is -2.39. The van der Waals surface area contributed by atoms with Crippen LogP contribution in [0.15, 0.2) is 58.1 Å². The number of benzene rings is 1. The molecule has 7 heteroatoms. The minimum Gasteiger partial charge on any atom is -0.466 e. The fourth-order valence-electron chi connectivity index (χ4n) is 2.32. The highest BCUT2D eigenvalue weighted by molar-refractivity contribution is 14.0. The Balaban J connectivity index is 0.00000338. The van der Waals surface area contributed by atoms with Crippen LogP contribution in [0.2, 0.25) is 0 Å². The van der Waals surface area contributed by atoms with Gasteiger partial charge in [-0.1, -0.05) is 18.2 Å². The molecule has 0 saturated carbocycles. The molecule has 0 radical (unpaired) electrons. The molecule has 26 heavy (non-hydrogen) atoms. The van der Waals surface area contributed by atoms with E-state index in [1.165, 1.54) is 0 Å². The molecule has 2 rings (SSSR count). The summed E-state index contributed by atoms with van der Waals surface area (Å²) in [6.07, 6.45) is 2.50. The third-order valence-corrected chi connectivity index (χ3v) is 3.69. The maximum atomic E-state index is 10.5. The molecule has 0 spiro atoms. The van der Waals surface area contributed by atoms with E-state index in [0.717, 1.165) is 31.7 Å². The van der Waals surface area contributed by atoms with Gasteiger partial charge in [-0.15, -0.1) is 24.0 Å². The van der Waals surface area contributed by atoms with E-state index in [4.69, 9.17) is 4.42 Å². The first-order chi connectivity index (χ1) is 12.1. The monoisotopic (exact) mass is 472 g/mol. The van der Waals surface area contributed by atoms with Gasteiger partial charge in [0.2, 0.25) is 0 Å². The Morgan fingerprint density at radius 3 is 2.54 bits per heavy atom. The molecule has 4 N–H and O–H groups in total. The summed E-state index contributed by atoms with van der Waals surface area (Å²) in [5, 5.41) is 20.3. The van der Waals surface area contributed by atoms with Crippen molar-refractivity contribution in [1.29, 1.82) is 0 Å². The number of rotatable bonds is 9. The first-order valence-corrected chi connectivity index (χ1v) is 8.69. The lowest BCUT2D eigenvalue weighted by atomic mass is 10.0. The highest BCUT2D eigenvalue weighted by atomic mass is 127. The molecule has 2 aromatic rings. The molecule has 0 saturated heterocycles. The van der Waals surface area contributed by atoms with Gasteiger partial charge in [0.1, 0.15) is 11.4 Å². The minimum absolute atomic E-state index is 0. The van der Waals surface area contributed by atoms with Crippen molar-refractivity contribution in [3.63, 3.8) is 0 Å². The summed E-state index contributed by atoms with van der Waals surface area (Å²) in [4.78, 5) is 4.46. The van der Waals surface area contributed by atoms with Gasteiger partial charge in [-0.25, -0.2) is 4.99 Å². The number of nitrogens with one attached hydrogen (secondary N) is 3. The van der Waals surface area contributed by atoms with Crippen molar-refractivity contribution in [2.45, 2.75) is 25.9 Å². The highest BCUT2D eigenvalue weighted by Gasteiger charge is 2.25. The highest BCUT2D eigenvalue weighted by Crippen LogP contribution is 2.20. The van der Waals surface area contributed by atoms with E-state index in [-0.39, 0.29) is 30.5 Å². The van der Waals surface area contributed by atoms with Crippen molar-refractivity contribution < 1.29 is 9.52 Å². The second-order valence-corrected chi connectivity index (χ2v) is 6.02. The van der Waals surface area contributed by atoms with E-state index < -0.39 is 5.60 Å². The number of guanidine groups is 1. The molecule has 0 aliphatic carbocycles. The number of halogens is 1. The predicted molar refractivity (Wildman–Crippen MR) is 117 cm³/mol. The van der Waals surface area contributed by atoms with Crippen LogP contribution in [0.1, 0.15) is 26.0 Å². The lowest BCUT2D eigenvalue weighted by Gasteiger charge is -2.19. The zero-order valence-corrected chi connectivity index (χ0v) is 17.7. The number of hydrogen-bond acceptors (Lipinski definition) is 4. The Hall–Kier alpha value is -1.74. The molecular weight excluding hydrogens is 443 g/mol. The van der Waals surface area contributed by atoms with Gasteiger partial charge in [0, 0.05) is 25.3 Å². The Morgan fingerprint density at radius 2 is 1.88 bits per heavy atom. The number of aliphatic imine (C=N–C) groups is 1. The van der Waals surface area contributed by atoms with Crippen LogP contribution in [0.25, 0.3) is 0 Å². The normalized spacial score (nSPS) is 13.4. The summed E-state index contributed by atoms with van der Waals surface area (Å²) >= 11 is 0. The minimum atomic E-state index is -1.12. The zero-order valence-electron chi connectivity index (χ0n) is 15.4. The first-order valence-electron chi connectivity index (χ1n) is 8.69. The Labute approximate surface area is 172 Å². The quantitative estimate of drug-likeness (QED) is 0.195. The zero-order chi connectivity index (χ0) is 18.0. The largest absolute Gasteiger partial charge is 0.466 e. The van der Waals surface area contributed by atoms with E-state index in [9.17, 15) is 5.11 Å². The molecule has 144 valence electrons. The summed E-state index contributed by atoms with van der Waals surface area (Å²) in [6, 6.07) is 13.7. The Kier molecular flexibility index (Phi) is 10.1. The molecule has 0 aliphatic heterocycles. The van der Waals surface area contributed by atoms with Crippen LogP contribution >= 0.6 is 24.0 Å². The van der Waals surface area contributed by atoms with Gasteiger partial charge in [0.15, 0.2) is 5.96 Å². The molecule has 1 atom stereocenters. The van der Waals surface area contributed by atoms with E-state index in [2.05, 4.69) is 33.1 Å². The molecule has 0 bridgehead atoms. The molecule has 0 aliphatic rings. The van der Waals surface area contributed by atoms with Crippen LogP contribution in [-0.4, -0.2) is 37.2 Å². The topological polar surface area (TPSA) is 81.8 Å². The van der Waals surface area contributed by atoms with Crippen molar-refractivity contribution in [1.82, 2.24) is 10.6 Å². The van der Waals surface area contributed by atoms with Gasteiger partial charge < -0.3 is 25.5 Å². The Morgan fingerprint density at radius 1 is 1.12 bits per heavy atom. The van der Waals surface area contributed by atoms with Crippen LogP contribution in [0.4, 0.5) is 5.69 Å². The molecule has 0 amide bonds. The van der Waals surface area contributed by atoms with Crippen LogP contribution in [0.5, 0.6) is 0 Å². The van der Waals surface area contributed by atoms with Crippen molar-refractivity contribution in [3.8, 4) is 0 Å². The maximum Gasteiger partial charge on any atom is 0.191 e. The number of para-hydroxylation sites is 1. The molecule has 6 nitrogen and oxygen atoms in total. The average molecular weight is 472 g/mol. The van der Waals surface area contributed by atoms with Gasteiger partial charge >= 0.3 is 0 Å². The van der Waals surface area contributed by atoms with Crippen LogP contribution in [0, 0.1) is 0 Å². The van der Waals surface area contributed by atoms with Crippen LogP contribution in [-0.2, 0) is 5.60 Å². The van der Waals surface area contributed by atoms with E-state index >= 15 is 0 Å². The van der Waals surface area contributed by atoms with Crippen molar-refractivity contribution in [3.05, 3.63) is 54.5 Å². The fourth-order valence-corrected chi connectivity index (χ4v) is 2.32. The van der Waals surface area contributed by atoms with E-state index in [1.54, 1.807) is 25.3 Å². The third-order valence-electron chi connectivity index (χ3n) is 3.69. The predicted octanol–water partition coefficient (Wildman–Crippen LogP) is 3.16. The maximum absolute atomic E-state index is 10.5. The van der Waals surface area contributed by atoms with Crippen molar-refractivity contribution >= 4 is 35.6 Å². The summed E-state index contributed by atoms with van der Waals surface area (Å²) in [6.45, 7) is 6.35. The van der Waals surface area contributed by atoms with Gasteiger partial charge in [-0.2, -0.15) is 0 Å². The van der Waals surface area contributed by atoms with Gasteiger partial charge in [-0.3, -0.25) is 0 Å². The number of aliphatic hydroxyl groups is 1. The van der Waals surface area contributed by atoms with Gasteiger partial charge in [0.05, 0.1) is 12.8 Å². The first kappa shape index (κ1) is 22.3. The standard InChI is InChI=1S/C19H28N4O2.HI/c1-3-20-18(23-15-19(2,24)17-11-7-14-25-17)22-13-8-12-21-16-9-5-4-6-10-16;/h4-7,9-11,14,21,24H,3,8,12-13,15H2,1-2H3,(H2,20,22,23);1H. The second-order valence-electron chi connectivity index (χ2n) is 6.02. The third kappa shape index (κ3) is 7.65. The average Bonchev–Trinajstić information content (AvgIpc) is 3.16. The molecule has 1 heterocycles. The molecular formula is C19H29IN4O2. The van der Waals surface area contributed by atoms with Gasteiger partial charge in [0.25, 0.3) is 0 Å². The smallest absolute Gasteiger partial charge is 0.191 e. The van der Waals surface area contributed by atoms with Crippen molar-refractivity contribution in [2.75, 3.05) is 31.5 Å². The van der Waals surface area contributed by atoms with Crippen LogP contribution < -0.4 is 16.0 Å². The molecule has 1 aromatic carbocycles. The summed E-state index contributed by atoms with van der Waals surface area (Å²) < 4.78 is 5.28. The Bertz CT molecular complexity index is 630. The molecule has 1 unspecified atom stereocenters.